The van der Waals surface area contributed by atoms with Crippen LogP contribution in [0.2, 0.25) is 0 Å². The van der Waals surface area contributed by atoms with Crippen molar-refractivity contribution >= 4 is 28.2 Å². The Balaban J connectivity index is 1.50. The van der Waals surface area contributed by atoms with Gasteiger partial charge in [-0.3, -0.25) is 5.32 Å². The molecule has 25 heavy (non-hydrogen) atoms. The van der Waals surface area contributed by atoms with E-state index >= 15 is 0 Å². The van der Waals surface area contributed by atoms with Crippen LogP contribution in [-0.2, 0) is 13.0 Å². The Hall–Kier alpha value is -2.93. The van der Waals surface area contributed by atoms with Crippen LogP contribution in [0.4, 0.5) is 15.6 Å². The number of ether oxygens (including phenoxy) is 1. The van der Waals surface area contributed by atoms with Crippen LogP contribution in [0.25, 0.3) is 0 Å². The van der Waals surface area contributed by atoms with Gasteiger partial charge < -0.3 is 10.1 Å². The Morgan fingerprint density at radius 1 is 1.04 bits per heavy atom. The summed E-state index contributed by atoms with van der Waals surface area (Å²) in [6.07, 6.45) is 0.997. The zero-order chi connectivity index (χ0) is 17.5. The van der Waals surface area contributed by atoms with Gasteiger partial charge in [0.1, 0.15) is 12.4 Å². The van der Waals surface area contributed by atoms with Gasteiger partial charge in [-0.2, -0.15) is 0 Å². The zero-order valence-electron chi connectivity index (χ0n) is 13.7. The molecule has 0 atom stereocenters. The van der Waals surface area contributed by atoms with E-state index in [0.29, 0.717) is 22.4 Å². The summed E-state index contributed by atoms with van der Waals surface area (Å²) in [7, 11) is 0. The fourth-order valence-electron chi connectivity index (χ4n) is 2.11. The summed E-state index contributed by atoms with van der Waals surface area (Å²) in [4.78, 5) is 11.9. The highest BCUT2D eigenvalue weighted by molar-refractivity contribution is 7.15. The van der Waals surface area contributed by atoms with Crippen molar-refractivity contribution in [1.82, 2.24) is 10.2 Å². The molecule has 1 heterocycles. The first-order valence-corrected chi connectivity index (χ1v) is 8.72. The standard InChI is InChI=1S/C18H18N4O2S/c1-2-13-8-10-15(11-9-13)24-12-16-21-22-18(25-16)20-17(23)19-14-6-4-3-5-7-14/h3-11H,2,12H2,1H3,(H2,19,20,22,23). The van der Waals surface area contributed by atoms with E-state index in [1.807, 2.05) is 54.6 Å². The Kier molecular flexibility index (Phi) is 5.58. The number of urea groups is 1. The highest BCUT2D eigenvalue weighted by atomic mass is 32.1. The van der Waals surface area contributed by atoms with Crippen LogP contribution in [0.15, 0.2) is 54.6 Å². The molecule has 3 rings (SSSR count). The van der Waals surface area contributed by atoms with Crippen LogP contribution in [-0.4, -0.2) is 16.2 Å². The van der Waals surface area contributed by atoms with Crippen LogP contribution < -0.4 is 15.4 Å². The minimum atomic E-state index is -0.357. The number of hydrogen-bond acceptors (Lipinski definition) is 5. The van der Waals surface area contributed by atoms with Crippen LogP contribution >= 0.6 is 11.3 Å². The molecule has 128 valence electrons. The summed E-state index contributed by atoms with van der Waals surface area (Å²) in [5.41, 5.74) is 1.97. The van der Waals surface area contributed by atoms with E-state index in [-0.39, 0.29) is 6.03 Å². The predicted octanol–water partition coefficient (Wildman–Crippen LogP) is 4.32. The average molecular weight is 354 g/mol. The van der Waals surface area contributed by atoms with Gasteiger partial charge in [-0.05, 0) is 36.2 Å². The molecule has 2 aromatic carbocycles. The summed E-state index contributed by atoms with van der Waals surface area (Å²) in [6.45, 7) is 2.42. The number of anilines is 2. The maximum Gasteiger partial charge on any atom is 0.325 e. The molecule has 2 N–H and O–H groups in total. The fraction of sp³-hybridized carbons (Fsp3) is 0.167. The van der Waals surface area contributed by atoms with E-state index in [1.165, 1.54) is 16.9 Å². The molecule has 0 spiro atoms. The normalized spacial score (nSPS) is 10.3. The molecule has 0 saturated carbocycles. The summed E-state index contributed by atoms with van der Waals surface area (Å²) >= 11 is 1.28. The predicted molar refractivity (Wildman–Crippen MR) is 99.1 cm³/mol. The zero-order valence-corrected chi connectivity index (χ0v) is 14.5. The van der Waals surface area contributed by atoms with Gasteiger partial charge in [-0.1, -0.05) is 48.6 Å². The molecule has 0 fully saturated rings. The number of nitrogens with one attached hydrogen (secondary N) is 2. The van der Waals surface area contributed by atoms with Gasteiger partial charge in [0.05, 0.1) is 0 Å². The second kappa shape index (κ2) is 8.25. The topological polar surface area (TPSA) is 76.1 Å². The molecule has 7 heteroatoms. The number of nitrogens with zero attached hydrogens (tertiary/aromatic N) is 2. The largest absolute Gasteiger partial charge is 0.486 e. The number of rotatable bonds is 6. The average Bonchev–Trinajstić information content (AvgIpc) is 3.08. The first-order chi connectivity index (χ1) is 12.2. The number of benzene rings is 2. The maximum absolute atomic E-state index is 11.9. The summed E-state index contributed by atoms with van der Waals surface area (Å²) < 4.78 is 5.69. The third kappa shape index (κ3) is 5.02. The third-order valence-corrected chi connectivity index (χ3v) is 4.23. The van der Waals surface area contributed by atoms with Crippen LogP contribution in [0.3, 0.4) is 0 Å². The van der Waals surface area contributed by atoms with Crippen molar-refractivity contribution in [2.24, 2.45) is 0 Å². The van der Waals surface area contributed by atoms with E-state index in [0.717, 1.165) is 12.2 Å². The van der Waals surface area contributed by atoms with Gasteiger partial charge in [0.15, 0.2) is 5.01 Å². The van der Waals surface area contributed by atoms with Crippen molar-refractivity contribution in [3.63, 3.8) is 0 Å². The highest BCUT2D eigenvalue weighted by Gasteiger charge is 2.09. The highest BCUT2D eigenvalue weighted by Crippen LogP contribution is 2.19. The van der Waals surface area contributed by atoms with Crippen LogP contribution in [0.5, 0.6) is 5.75 Å². The second-order valence-corrected chi connectivity index (χ2v) is 6.29. The first kappa shape index (κ1) is 16.9. The molecule has 0 aliphatic rings. The molecule has 0 aliphatic carbocycles. The molecule has 0 saturated heterocycles. The third-order valence-electron chi connectivity index (χ3n) is 3.41. The lowest BCUT2D eigenvalue weighted by Crippen LogP contribution is -2.19. The molecular weight excluding hydrogens is 336 g/mol. The lowest BCUT2D eigenvalue weighted by atomic mass is 10.2. The minimum absolute atomic E-state index is 0.311. The molecule has 0 bridgehead atoms. The van der Waals surface area contributed by atoms with Crippen molar-refractivity contribution in [2.45, 2.75) is 20.0 Å². The molecule has 3 aromatic rings. The van der Waals surface area contributed by atoms with Crippen LogP contribution in [0, 0.1) is 0 Å². The van der Waals surface area contributed by atoms with E-state index in [1.54, 1.807) is 0 Å². The van der Waals surface area contributed by atoms with Crippen molar-refractivity contribution in [2.75, 3.05) is 10.6 Å². The van der Waals surface area contributed by atoms with Gasteiger partial charge in [-0.25, -0.2) is 4.79 Å². The first-order valence-electron chi connectivity index (χ1n) is 7.90. The number of para-hydroxylation sites is 1. The summed E-state index contributed by atoms with van der Waals surface area (Å²) in [5.74, 6) is 0.781. The Bertz CT molecular complexity index is 819. The smallest absolute Gasteiger partial charge is 0.325 e. The molecule has 0 aliphatic heterocycles. The van der Waals surface area contributed by atoms with Crippen LogP contribution in [0.1, 0.15) is 17.5 Å². The molecular formula is C18H18N4O2S. The van der Waals surface area contributed by atoms with Gasteiger partial charge in [0, 0.05) is 5.69 Å². The number of carbonyl (C=O) groups is 1. The number of amides is 2. The van der Waals surface area contributed by atoms with E-state index in [2.05, 4.69) is 27.8 Å². The number of hydrogen-bond donors (Lipinski definition) is 2. The number of carbonyl (C=O) groups excluding carboxylic acids is 1. The van der Waals surface area contributed by atoms with Crippen molar-refractivity contribution in [1.29, 1.82) is 0 Å². The van der Waals surface area contributed by atoms with E-state index < -0.39 is 0 Å². The van der Waals surface area contributed by atoms with Crippen molar-refractivity contribution < 1.29 is 9.53 Å². The SMILES string of the molecule is CCc1ccc(OCc2nnc(NC(=O)Nc3ccccc3)s2)cc1. The Morgan fingerprint density at radius 3 is 2.52 bits per heavy atom. The number of aromatic nitrogens is 2. The van der Waals surface area contributed by atoms with Gasteiger partial charge >= 0.3 is 6.03 Å². The molecule has 1 aromatic heterocycles. The molecule has 0 unspecified atom stereocenters. The quantitative estimate of drug-likeness (QED) is 0.691. The Labute approximate surface area is 149 Å². The van der Waals surface area contributed by atoms with Gasteiger partial charge in [0.25, 0.3) is 0 Å². The lowest BCUT2D eigenvalue weighted by Gasteiger charge is -2.04. The minimum Gasteiger partial charge on any atom is -0.486 e. The Morgan fingerprint density at radius 2 is 1.80 bits per heavy atom. The lowest BCUT2D eigenvalue weighted by molar-refractivity contribution is 0.262. The second-order valence-electron chi connectivity index (χ2n) is 5.23. The van der Waals surface area contributed by atoms with Crippen molar-refractivity contribution in [3.8, 4) is 5.75 Å². The molecule has 2 amide bonds. The fourth-order valence-corrected chi connectivity index (χ4v) is 2.76. The maximum atomic E-state index is 11.9. The summed E-state index contributed by atoms with van der Waals surface area (Å²) in [6, 6.07) is 16.8. The molecule has 6 nitrogen and oxygen atoms in total. The van der Waals surface area contributed by atoms with Crippen molar-refractivity contribution in [3.05, 3.63) is 65.2 Å². The number of aryl methyl sites for hydroxylation is 1. The molecule has 0 radical (unpaired) electrons. The van der Waals surface area contributed by atoms with Gasteiger partial charge in [-0.15, -0.1) is 10.2 Å². The van der Waals surface area contributed by atoms with E-state index in [4.69, 9.17) is 4.74 Å². The monoisotopic (exact) mass is 354 g/mol. The van der Waals surface area contributed by atoms with Gasteiger partial charge in [0.2, 0.25) is 5.13 Å². The van der Waals surface area contributed by atoms with E-state index in [9.17, 15) is 4.79 Å². The summed E-state index contributed by atoms with van der Waals surface area (Å²) in [5, 5.41) is 14.5.